The minimum atomic E-state index is -0.180. The van der Waals surface area contributed by atoms with Gasteiger partial charge in [0.05, 0.1) is 12.6 Å². The van der Waals surface area contributed by atoms with Crippen molar-refractivity contribution in [2.75, 3.05) is 6.54 Å². The van der Waals surface area contributed by atoms with Crippen LogP contribution in [0.4, 0.5) is 4.39 Å². The van der Waals surface area contributed by atoms with Crippen molar-refractivity contribution < 1.29 is 4.39 Å². The highest BCUT2D eigenvalue weighted by atomic mass is 19.1. The van der Waals surface area contributed by atoms with Crippen LogP contribution in [0.25, 0.3) is 0 Å². The zero-order valence-corrected chi connectivity index (χ0v) is 12.2. The Balaban J connectivity index is 1.92. The van der Waals surface area contributed by atoms with E-state index in [1.165, 1.54) is 6.07 Å². The fourth-order valence-corrected chi connectivity index (χ4v) is 3.07. The number of halogens is 1. The van der Waals surface area contributed by atoms with E-state index in [4.69, 9.17) is 5.73 Å². The Bertz CT molecular complexity index is 610. The Kier molecular flexibility index (Phi) is 4.03. The van der Waals surface area contributed by atoms with Crippen LogP contribution in [-0.4, -0.2) is 27.0 Å². The third-order valence-electron chi connectivity index (χ3n) is 4.27. The highest BCUT2D eigenvalue weighted by Gasteiger charge is 2.30. The molecule has 3 rings (SSSR count). The maximum Gasteiger partial charge on any atom is 0.128 e. The lowest BCUT2D eigenvalue weighted by Crippen LogP contribution is -2.44. The van der Waals surface area contributed by atoms with E-state index in [0.717, 1.165) is 25.3 Å². The molecule has 0 saturated carbocycles. The van der Waals surface area contributed by atoms with Gasteiger partial charge in [-0.25, -0.2) is 9.37 Å². The van der Waals surface area contributed by atoms with Crippen LogP contribution in [-0.2, 0) is 13.1 Å². The van der Waals surface area contributed by atoms with Crippen molar-refractivity contribution in [3.05, 3.63) is 53.9 Å². The summed E-state index contributed by atoms with van der Waals surface area (Å²) in [4.78, 5) is 6.62. The lowest BCUT2D eigenvalue weighted by Gasteiger charge is -2.38. The average Bonchev–Trinajstić information content (AvgIpc) is 2.97. The smallest absolute Gasteiger partial charge is 0.128 e. The largest absolute Gasteiger partial charge is 0.333 e. The van der Waals surface area contributed by atoms with Crippen LogP contribution < -0.4 is 5.73 Å². The zero-order valence-electron chi connectivity index (χ0n) is 12.2. The Morgan fingerprint density at radius 3 is 2.90 bits per heavy atom. The van der Waals surface area contributed by atoms with Gasteiger partial charge < -0.3 is 10.3 Å². The molecule has 0 aliphatic carbocycles. The lowest BCUT2D eigenvalue weighted by atomic mass is 9.95. The number of nitrogens with two attached hydrogens (primary N) is 1. The molecule has 2 N–H and O–H groups in total. The van der Waals surface area contributed by atoms with Crippen LogP contribution in [0.3, 0.4) is 0 Å². The fourth-order valence-electron chi connectivity index (χ4n) is 3.07. The summed E-state index contributed by atoms with van der Waals surface area (Å²) in [6.07, 6.45) is 4.62. The predicted octanol–water partition coefficient (Wildman–Crippen LogP) is 2.32. The topological polar surface area (TPSA) is 47.1 Å². The summed E-state index contributed by atoms with van der Waals surface area (Å²) in [5.74, 6) is 0.839. The molecule has 0 radical (unpaired) electrons. The minimum absolute atomic E-state index is 0.0941. The van der Waals surface area contributed by atoms with E-state index >= 15 is 0 Å². The van der Waals surface area contributed by atoms with E-state index in [-0.39, 0.29) is 17.9 Å². The molecule has 1 aliphatic rings. The van der Waals surface area contributed by atoms with Crippen molar-refractivity contribution in [2.45, 2.75) is 38.5 Å². The molecule has 5 heteroatoms. The summed E-state index contributed by atoms with van der Waals surface area (Å²) in [5.41, 5.74) is 7.00. The van der Waals surface area contributed by atoms with Crippen molar-refractivity contribution in [2.24, 2.45) is 5.73 Å². The number of benzene rings is 1. The molecule has 0 saturated heterocycles. The van der Waals surface area contributed by atoms with Gasteiger partial charge in [0.15, 0.2) is 0 Å². The van der Waals surface area contributed by atoms with Crippen molar-refractivity contribution in [3.8, 4) is 0 Å². The molecule has 0 amide bonds. The first kappa shape index (κ1) is 14.2. The molecule has 0 bridgehead atoms. The molecule has 1 aliphatic heterocycles. The normalized spacial score (nSPS) is 18.2. The Morgan fingerprint density at radius 2 is 2.14 bits per heavy atom. The number of hydrogen-bond donors (Lipinski definition) is 1. The van der Waals surface area contributed by atoms with Gasteiger partial charge in [-0.15, -0.1) is 0 Å². The van der Waals surface area contributed by atoms with E-state index in [2.05, 4.69) is 14.5 Å². The maximum absolute atomic E-state index is 14.2. The van der Waals surface area contributed by atoms with E-state index in [1.807, 2.05) is 31.5 Å². The molecule has 2 unspecified atom stereocenters. The molecule has 0 fully saturated rings. The monoisotopic (exact) mass is 288 g/mol. The van der Waals surface area contributed by atoms with Gasteiger partial charge in [0.1, 0.15) is 11.6 Å². The Morgan fingerprint density at radius 1 is 1.33 bits per heavy atom. The summed E-state index contributed by atoms with van der Waals surface area (Å²) in [6, 6.07) is 6.74. The van der Waals surface area contributed by atoms with E-state index < -0.39 is 0 Å². The van der Waals surface area contributed by atoms with Crippen LogP contribution >= 0.6 is 0 Å². The van der Waals surface area contributed by atoms with Crippen molar-refractivity contribution in [1.82, 2.24) is 14.5 Å². The van der Waals surface area contributed by atoms with Gasteiger partial charge in [0.25, 0.3) is 0 Å². The summed E-state index contributed by atoms with van der Waals surface area (Å²) >= 11 is 0. The number of nitrogens with zero attached hydrogens (tertiary/aromatic N) is 3. The summed E-state index contributed by atoms with van der Waals surface area (Å²) in [5, 5.41) is 0. The van der Waals surface area contributed by atoms with Crippen molar-refractivity contribution in [3.63, 3.8) is 0 Å². The Labute approximate surface area is 124 Å². The fraction of sp³-hybridized carbons (Fsp3) is 0.438. The molecule has 21 heavy (non-hydrogen) atoms. The SMILES string of the molecule is CCC(N)C(c1ccccc1F)N1CCn2ccnc2C1. The van der Waals surface area contributed by atoms with Crippen LogP contribution in [0, 0.1) is 5.82 Å². The van der Waals surface area contributed by atoms with Crippen molar-refractivity contribution >= 4 is 0 Å². The highest BCUT2D eigenvalue weighted by molar-refractivity contribution is 5.23. The summed E-state index contributed by atoms with van der Waals surface area (Å²) in [6.45, 7) is 4.48. The first-order valence-electron chi connectivity index (χ1n) is 7.44. The van der Waals surface area contributed by atoms with Gasteiger partial charge in [-0.3, -0.25) is 4.90 Å². The molecule has 1 aromatic heterocycles. The zero-order chi connectivity index (χ0) is 14.8. The van der Waals surface area contributed by atoms with Gasteiger partial charge in [-0.05, 0) is 12.5 Å². The van der Waals surface area contributed by atoms with E-state index in [0.29, 0.717) is 12.1 Å². The molecular formula is C16H21FN4. The molecule has 0 spiro atoms. The Hall–Kier alpha value is -1.72. The summed E-state index contributed by atoms with van der Waals surface area (Å²) < 4.78 is 16.4. The molecule has 2 heterocycles. The lowest BCUT2D eigenvalue weighted by molar-refractivity contribution is 0.127. The van der Waals surface area contributed by atoms with Crippen LogP contribution in [0.5, 0.6) is 0 Å². The second kappa shape index (κ2) is 5.95. The molecule has 1 aromatic carbocycles. The molecule has 2 aromatic rings. The highest BCUT2D eigenvalue weighted by Crippen LogP contribution is 2.30. The predicted molar refractivity (Wildman–Crippen MR) is 80.0 cm³/mol. The van der Waals surface area contributed by atoms with Gasteiger partial charge in [0.2, 0.25) is 0 Å². The van der Waals surface area contributed by atoms with Gasteiger partial charge in [-0.1, -0.05) is 25.1 Å². The number of imidazole rings is 1. The molecular weight excluding hydrogens is 267 g/mol. The molecule has 112 valence electrons. The number of fused-ring (bicyclic) bond motifs is 1. The van der Waals surface area contributed by atoms with Crippen LogP contribution in [0.2, 0.25) is 0 Å². The van der Waals surface area contributed by atoms with Crippen LogP contribution in [0.1, 0.15) is 30.8 Å². The number of rotatable bonds is 4. The first-order chi connectivity index (χ1) is 10.2. The number of hydrogen-bond acceptors (Lipinski definition) is 3. The van der Waals surface area contributed by atoms with Gasteiger partial charge in [0, 0.05) is 37.1 Å². The van der Waals surface area contributed by atoms with Gasteiger partial charge in [-0.2, -0.15) is 0 Å². The minimum Gasteiger partial charge on any atom is -0.333 e. The summed E-state index contributed by atoms with van der Waals surface area (Å²) in [7, 11) is 0. The molecule has 2 atom stereocenters. The van der Waals surface area contributed by atoms with E-state index in [1.54, 1.807) is 6.07 Å². The third kappa shape index (κ3) is 2.71. The standard InChI is InChI=1S/C16H21FN4/c1-2-14(18)16(12-5-3-4-6-13(12)17)21-10-9-20-8-7-19-15(20)11-21/h3-8,14,16H,2,9-11,18H2,1H3. The second-order valence-corrected chi connectivity index (χ2v) is 5.55. The van der Waals surface area contributed by atoms with E-state index in [9.17, 15) is 4.39 Å². The number of aromatic nitrogens is 2. The van der Waals surface area contributed by atoms with Crippen molar-refractivity contribution in [1.29, 1.82) is 0 Å². The third-order valence-corrected chi connectivity index (χ3v) is 4.27. The average molecular weight is 288 g/mol. The second-order valence-electron chi connectivity index (χ2n) is 5.55. The van der Waals surface area contributed by atoms with Crippen LogP contribution in [0.15, 0.2) is 36.7 Å². The molecule has 4 nitrogen and oxygen atoms in total. The maximum atomic E-state index is 14.2. The first-order valence-corrected chi connectivity index (χ1v) is 7.44. The quantitative estimate of drug-likeness (QED) is 0.939. The van der Waals surface area contributed by atoms with Gasteiger partial charge >= 0.3 is 0 Å².